The minimum Gasteiger partial charge on any atom is -0.395 e. The number of aliphatic hydroxyl groups excluding tert-OH is 1. The Morgan fingerprint density at radius 2 is 2.11 bits per heavy atom. The molecule has 0 aromatic heterocycles. The summed E-state index contributed by atoms with van der Waals surface area (Å²) in [5, 5.41) is 12.4. The molecule has 3 nitrogen and oxygen atoms in total. The smallest absolute Gasteiger partial charge is 0.0606 e. The second-order valence-electron chi connectivity index (χ2n) is 4.43. The Hall–Kier alpha value is -0.580. The van der Waals surface area contributed by atoms with Crippen molar-refractivity contribution in [2.45, 2.75) is 26.3 Å². The quantitative estimate of drug-likeness (QED) is 0.812. The van der Waals surface area contributed by atoms with Crippen LogP contribution in [0.25, 0.3) is 0 Å². The molecular weight excluding hydrogens is 292 g/mol. The first-order valence-corrected chi connectivity index (χ1v) is 7.25. The van der Waals surface area contributed by atoms with Gasteiger partial charge in [-0.2, -0.15) is 0 Å². The lowest BCUT2D eigenvalue weighted by molar-refractivity contribution is 0.302. The molecular formula is C14H23BrN2O. The Bertz CT molecular complexity index is 365. The maximum Gasteiger partial charge on any atom is 0.0606 e. The molecule has 1 rings (SSSR count). The number of benzene rings is 1. The number of anilines is 1. The normalized spacial score (nSPS) is 12.5. The van der Waals surface area contributed by atoms with Gasteiger partial charge in [0.15, 0.2) is 0 Å². The summed E-state index contributed by atoms with van der Waals surface area (Å²) in [4.78, 5) is 2.21. The lowest BCUT2D eigenvalue weighted by Crippen LogP contribution is -2.27. The van der Waals surface area contributed by atoms with Crippen molar-refractivity contribution in [1.82, 2.24) is 5.32 Å². The van der Waals surface area contributed by atoms with Crippen molar-refractivity contribution in [3.05, 3.63) is 28.2 Å². The average molecular weight is 315 g/mol. The van der Waals surface area contributed by atoms with Crippen LogP contribution in [-0.4, -0.2) is 31.9 Å². The van der Waals surface area contributed by atoms with E-state index < -0.39 is 0 Å². The van der Waals surface area contributed by atoms with E-state index in [0.717, 1.165) is 23.1 Å². The molecule has 1 atom stereocenters. The maximum atomic E-state index is 9.13. The monoisotopic (exact) mass is 314 g/mol. The third kappa shape index (κ3) is 3.97. The molecule has 1 aromatic carbocycles. The molecule has 4 heteroatoms. The highest BCUT2D eigenvalue weighted by Gasteiger charge is 2.11. The second-order valence-corrected chi connectivity index (χ2v) is 5.29. The van der Waals surface area contributed by atoms with Crippen molar-refractivity contribution < 1.29 is 5.11 Å². The first kappa shape index (κ1) is 15.5. The molecule has 18 heavy (non-hydrogen) atoms. The summed E-state index contributed by atoms with van der Waals surface area (Å²) in [5.41, 5.74) is 2.41. The molecule has 0 spiro atoms. The third-order valence-electron chi connectivity index (χ3n) is 3.11. The summed E-state index contributed by atoms with van der Waals surface area (Å²) in [6.07, 6.45) is 1.07. The highest BCUT2D eigenvalue weighted by Crippen LogP contribution is 2.29. The van der Waals surface area contributed by atoms with Crippen LogP contribution < -0.4 is 10.2 Å². The van der Waals surface area contributed by atoms with Gasteiger partial charge in [0.25, 0.3) is 0 Å². The summed E-state index contributed by atoms with van der Waals surface area (Å²) in [7, 11) is 1.96. The number of rotatable bonds is 7. The van der Waals surface area contributed by atoms with Gasteiger partial charge in [0, 0.05) is 23.6 Å². The van der Waals surface area contributed by atoms with Crippen LogP contribution in [0.5, 0.6) is 0 Å². The number of nitrogens with zero attached hydrogens (tertiary/aromatic N) is 1. The number of nitrogens with one attached hydrogen (secondary N) is 1. The fourth-order valence-electron chi connectivity index (χ4n) is 1.96. The fraction of sp³-hybridized carbons (Fsp3) is 0.571. The molecule has 0 aliphatic rings. The molecule has 0 heterocycles. The Balaban J connectivity index is 2.95. The van der Waals surface area contributed by atoms with Gasteiger partial charge in [0.2, 0.25) is 0 Å². The molecule has 0 aliphatic heterocycles. The zero-order valence-electron chi connectivity index (χ0n) is 11.4. The number of hydrogen-bond acceptors (Lipinski definition) is 3. The van der Waals surface area contributed by atoms with E-state index in [1.54, 1.807) is 0 Å². The van der Waals surface area contributed by atoms with Gasteiger partial charge in [0.1, 0.15) is 0 Å². The summed E-state index contributed by atoms with van der Waals surface area (Å²) in [5.74, 6) is 0. The van der Waals surface area contributed by atoms with Gasteiger partial charge in [-0.25, -0.2) is 0 Å². The van der Waals surface area contributed by atoms with Crippen LogP contribution in [-0.2, 0) is 0 Å². The van der Waals surface area contributed by atoms with E-state index in [0.29, 0.717) is 12.6 Å². The van der Waals surface area contributed by atoms with E-state index in [1.165, 1.54) is 5.56 Å². The second kappa shape index (κ2) is 7.77. The van der Waals surface area contributed by atoms with E-state index in [4.69, 9.17) is 5.11 Å². The predicted molar refractivity (Wildman–Crippen MR) is 81.2 cm³/mol. The van der Waals surface area contributed by atoms with Crippen LogP contribution in [0.4, 0.5) is 5.69 Å². The zero-order chi connectivity index (χ0) is 13.5. The summed E-state index contributed by atoms with van der Waals surface area (Å²) in [6, 6.07) is 6.75. The summed E-state index contributed by atoms with van der Waals surface area (Å²) in [6.45, 7) is 6.10. The van der Waals surface area contributed by atoms with Crippen LogP contribution in [0.3, 0.4) is 0 Å². The Morgan fingerprint density at radius 3 is 2.61 bits per heavy atom. The lowest BCUT2D eigenvalue weighted by atomic mass is 10.1. The lowest BCUT2D eigenvalue weighted by Gasteiger charge is -2.25. The van der Waals surface area contributed by atoms with Gasteiger partial charge < -0.3 is 15.3 Å². The molecule has 0 saturated carbocycles. The summed E-state index contributed by atoms with van der Waals surface area (Å²) >= 11 is 3.63. The zero-order valence-corrected chi connectivity index (χ0v) is 13.0. The molecule has 102 valence electrons. The molecule has 1 unspecified atom stereocenters. The van der Waals surface area contributed by atoms with Gasteiger partial charge in [0.05, 0.1) is 12.3 Å². The van der Waals surface area contributed by atoms with Crippen molar-refractivity contribution in [3.8, 4) is 0 Å². The van der Waals surface area contributed by atoms with E-state index in [9.17, 15) is 0 Å². The molecule has 0 saturated heterocycles. The van der Waals surface area contributed by atoms with E-state index in [2.05, 4.69) is 58.2 Å². The molecule has 0 amide bonds. The Kier molecular flexibility index (Phi) is 6.68. The van der Waals surface area contributed by atoms with Crippen molar-refractivity contribution >= 4 is 21.6 Å². The standard InChI is InChI=1S/C14H23BrN2O/c1-4-7-17(8-9-18)14-6-5-12(10-13(14)15)11(2)16-3/h5-6,10-11,16,18H,4,7-9H2,1-3H3. The van der Waals surface area contributed by atoms with Crippen molar-refractivity contribution in [3.63, 3.8) is 0 Å². The molecule has 1 aromatic rings. The van der Waals surface area contributed by atoms with Gasteiger partial charge >= 0.3 is 0 Å². The minimum atomic E-state index is 0.182. The largest absolute Gasteiger partial charge is 0.395 e. The number of hydrogen-bond donors (Lipinski definition) is 2. The predicted octanol–water partition coefficient (Wildman–Crippen LogP) is 2.94. The average Bonchev–Trinajstić information content (AvgIpc) is 2.37. The number of halogens is 1. The molecule has 0 aliphatic carbocycles. The highest BCUT2D eigenvalue weighted by molar-refractivity contribution is 9.10. The van der Waals surface area contributed by atoms with Crippen LogP contribution in [0.1, 0.15) is 31.9 Å². The van der Waals surface area contributed by atoms with Crippen molar-refractivity contribution in [1.29, 1.82) is 0 Å². The van der Waals surface area contributed by atoms with Crippen LogP contribution in [0.15, 0.2) is 22.7 Å². The van der Waals surface area contributed by atoms with Crippen LogP contribution in [0.2, 0.25) is 0 Å². The Labute approximate surface area is 118 Å². The van der Waals surface area contributed by atoms with Crippen molar-refractivity contribution in [2.75, 3.05) is 31.6 Å². The molecule has 2 N–H and O–H groups in total. The molecule has 0 radical (unpaired) electrons. The van der Waals surface area contributed by atoms with Crippen LogP contribution >= 0.6 is 15.9 Å². The van der Waals surface area contributed by atoms with Crippen molar-refractivity contribution in [2.24, 2.45) is 0 Å². The minimum absolute atomic E-state index is 0.182. The van der Waals surface area contributed by atoms with E-state index in [1.807, 2.05) is 7.05 Å². The van der Waals surface area contributed by atoms with E-state index in [-0.39, 0.29) is 6.61 Å². The maximum absolute atomic E-state index is 9.13. The first-order chi connectivity index (χ1) is 8.63. The summed E-state index contributed by atoms with van der Waals surface area (Å²) < 4.78 is 1.09. The van der Waals surface area contributed by atoms with Crippen LogP contribution in [0, 0.1) is 0 Å². The molecule has 0 bridgehead atoms. The van der Waals surface area contributed by atoms with E-state index >= 15 is 0 Å². The number of aliphatic hydroxyl groups is 1. The van der Waals surface area contributed by atoms with Gasteiger partial charge in [-0.15, -0.1) is 0 Å². The fourth-order valence-corrected chi connectivity index (χ4v) is 2.61. The highest BCUT2D eigenvalue weighted by atomic mass is 79.9. The van der Waals surface area contributed by atoms with Gasteiger partial charge in [-0.05, 0) is 54.0 Å². The third-order valence-corrected chi connectivity index (χ3v) is 3.74. The topological polar surface area (TPSA) is 35.5 Å². The molecule has 0 fully saturated rings. The SMILES string of the molecule is CCCN(CCO)c1ccc(C(C)NC)cc1Br. The van der Waals surface area contributed by atoms with Gasteiger partial charge in [-0.1, -0.05) is 13.0 Å². The first-order valence-electron chi connectivity index (χ1n) is 6.46. The Morgan fingerprint density at radius 1 is 1.39 bits per heavy atom. The van der Waals surface area contributed by atoms with Gasteiger partial charge in [-0.3, -0.25) is 0 Å².